The van der Waals surface area contributed by atoms with Gasteiger partial charge in [-0.15, -0.1) is 0 Å². The molecular weight excluding hydrogens is 503 g/mol. The van der Waals surface area contributed by atoms with Gasteiger partial charge >= 0.3 is 6.16 Å². The van der Waals surface area contributed by atoms with Gasteiger partial charge in [0.2, 0.25) is 5.75 Å². The van der Waals surface area contributed by atoms with Gasteiger partial charge in [0.05, 0.1) is 23.5 Å². The van der Waals surface area contributed by atoms with Crippen molar-refractivity contribution in [2.45, 2.75) is 38.0 Å². The number of carboxylic acid groups (broad SMARTS) is 1. The first-order valence-electron chi connectivity index (χ1n) is 12.0. The number of halogens is 1. The van der Waals surface area contributed by atoms with E-state index in [1.54, 1.807) is 12.1 Å². The quantitative estimate of drug-likeness (QED) is 0.272. The average Bonchev–Trinajstić information content (AvgIpc) is 3.24. The third-order valence-corrected chi connectivity index (χ3v) is 7.75. The fourth-order valence-electron chi connectivity index (χ4n) is 4.45. The van der Waals surface area contributed by atoms with Gasteiger partial charge in [-0.05, 0) is 74.4 Å². The molecule has 0 aliphatic carbocycles. The van der Waals surface area contributed by atoms with Gasteiger partial charge in [0.1, 0.15) is 11.6 Å². The van der Waals surface area contributed by atoms with Crippen LogP contribution in [0.1, 0.15) is 31.6 Å². The number of nitrogens with zero attached hydrogens (tertiary/aromatic N) is 1. The molecular formula is C26H29FN2O7S. The molecule has 4 rings (SSSR count). The van der Waals surface area contributed by atoms with Crippen LogP contribution >= 0.6 is 0 Å². The molecule has 11 heteroatoms. The highest BCUT2D eigenvalue weighted by Gasteiger charge is 2.28. The van der Waals surface area contributed by atoms with Crippen LogP contribution in [0, 0.1) is 5.82 Å². The number of carbonyl (C=O) groups is 1. The van der Waals surface area contributed by atoms with Gasteiger partial charge in [0, 0.05) is 17.5 Å². The minimum atomic E-state index is -4.24. The van der Waals surface area contributed by atoms with Crippen molar-refractivity contribution in [3.05, 3.63) is 59.8 Å². The third-order valence-electron chi connectivity index (χ3n) is 6.28. The molecule has 0 spiro atoms. The number of sulfonamides is 1. The summed E-state index contributed by atoms with van der Waals surface area (Å²) in [7, 11) is -4.24. The van der Waals surface area contributed by atoms with Crippen LogP contribution < -0.4 is 14.2 Å². The Morgan fingerprint density at radius 2 is 1.95 bits per heavy atom. The Kier molecular flexibility index (Phi) is 8.03. The maximum absolute atomic E-state index is 14.1. The van der Waals surface area contributed by atoms with Crippen molar-refractivity contribution in [2.24, 2.45) is 0 Å². The molecule has 37 heavy (non-hydrogen) atoms. The number of rotatable bonds is 10. The Morgan fingerprint density at radius 1 is 1.16 bits per heavy atom. The highest BCUT2D eigenvalue weighted by atomic mass is 32.2. The van der Waals surface area contributed by atoms with Crippen molar-refractivity contribution in [3.63, 3.8) is 0 Å². The highest BCUT2D eigenvalue weighted by Crippen LogP contribution is 2.46. The van der Waals surface area contributed by atoms with Crippen molar-refractivity contribution in [1.29, 1.82) is 0 Å². The molecule has 0 radical (unpaired) electrons. The van der Waals surface area contributed by atoms with E-state index in [0.717, 1.165) is 25.7 Å². The van der Waals surface area contributed by atoms with Crippen molar-refractivity contribution in [2.75, 3.05) is 31.0 Å². The maximum atomic E-state index is 14.1. The average molecular weight is 533 g/mol. The summed E-state index contributed by atoms with van der Waals surface area (Å²) in [5, 5.41) is 9.37. The number of furan rings is 1. The first-order chi connectivity index (χ1) is 17.7. The standard InChI is InChI=1S/C26H29FN2O7S/c1-3-29(4-2)13-5-6-17-16-18(27)7-10-23(17)37(32,33)28-21-9-8-20-19-11-14-34-22(19)12-15-35-24(20)25(21)36-26(30)31/h7-11,14,16,28H,3-6,12-13,15H2,1-2H3,(H,30,31). The predicted octanol–water partition coefficient (Wildman–Crippen LogP) is 5.15. The number of nitrogens with one attached hydrogen (secondary N) is 1. The molecule has 1 aliphatic heterocycles. The normalized spacial score (nSPS) is 12.9. The largest absolute Gasteiger partial charge is 0.511 e. The molecule has 0 unspecified atom stereocenters. The smallest absolute Gasteiger partial charge is 0.488 e. The Morgan fingerprint density at radius 3 is 2.68 bits per heavy atom. The second kappa shape index (κ2) is 11.2. The lowest BCUT2D eigenvalue weighted by Gasteiger charge is -2.19. The fourth-order valence-corrected chi connectivity index (χ4v) is 5.76. The van der Waals surface area contributed by atoms with E-state index in [-0.39, 0.29) is 28.7 Å². The minimum Gasteiger partial charge on any atom is -0.488 e. The molecule has 9 nitrogen and oxygen atoms in total. The molecule has 0 atom stereocenters. The zero-order valence-corrected chi connectivity index (χ0v) is 21.4. The van der Waals surface area contributed by atoms with E-state index < -0.39 is 22.0 Å². The van der Waals surface area contributed by atoms with Crippen molar-refractivity contribution >= 4 is 21.9 Å². The van der Waals surface area contributed by atoms with E-state index in [9.17, 15) is 22.7 Å². The summed E-state index contributed by atoms with van der Waals surface area (Å²) < 4.78 is 59.7. The van der Waals surface area contributed by atoms with Crippen molar-refractivity contribution in [1.82, 2.24) is 4.90 Å². The molecule has 1 aromatic heterocycles. The van der Waals surface area contributed by atoms with Crippen LogP contribution in [0.25, 0.3) is 11.1 Å². The second-order valence-electron chi connectivity index (χ2n) is 8.53. The Bertz CT molecular complexity index is 1380. The van der Waals surface area contributed by atoms with Gasteiger partial charge in [-0.2, -0.15) is 0 Å². The molecule has 0 amide bonds. The van der Waals surface area contributed by atoms with Crippen LogP contribution in [0.15, 0.2) is 52.0 Å². The summed E-state index contributed by atoms with van der Waals surface area (Å²) in [6.45, 7) is 6.72. The first kappa shape index (κ1) is 26.5. The lowest BCUT2D eigenvalue weighted by atomic mass is 10.0. The number of ether oxygens (including phenoxy) is 2. The Balaban J connectivity index is 1.69. The molecule has 2 aromatic carbocycles. The van der Waals surface area contributed by atoms with E-state index in [2.05, 4.69) is 9.62 Å². The van der Waals surface area contributed by atoms with E-state index >= 15 is 0 Å². The number of hydrogen-bond donors (Lipinski definition) is 2. The molecule has 0 fully saturated rings. The first-order valence-corrected chi connectivity index (χ1v) is 13.5. The van der Waals surface area contributed by atoms with Gasteiger partial charge in [-0.1, -0.05) is 13.8 Å². The number of hydrogen-bond acceptors (Lipinski definition) is 7. The second-order valence-corrected chi connectivity index (χ2v) is 10.2. The molecule has 0 saturated heterocycles. The van der Waals surface area contributed by atoms with Gasteiger partial charge in [-0.25, -0.2) is 17.6 Å². The molecule has 2 N–H and O–H groups in total. The van der Waals surface area contributed by atoms with Gasteiger partial charge < -0.3 is 23.9 Å². The van der Waals surface area contributed by atoms with Crippen LogP contribution in [-0.4, -0.2) is 50.8 Å². The van der Waals surface area contributed by atoms with Crippen molar-refractivity contribution < 1.29 is 36.6 Å². The fraction of sp³-hybridized carbons (Fsp3) is 0.346. The molecule has 1 aliphatic rings. The van der Waals surface area contributed by atoms with Gasteiger partial charge in [0.15, 0.2) is 5.75 Å². The third kappa shape index (κ3) is 5.89. The van der Waals surface area contributed by atoms with Crippen LogP contribution in [0.5, 0.6) is 11.5 Å². The number of benzene rings is 2. The number of fused-ring (bicyclic) bond motifs is 3. The van der Waals surface area contributed by atoms with E-state index in [0.29, 0.717) is 41.7 Å². The van der Waals surface area contributed by atoms with E-state index in [1.165, 1.54) is 24.5 Å². The summed E-state index contributed by atoms with van der Waals surface area (Å²) in [5.41, 5.74) is 1.42. The van der Waals surface area contributed by atoms with Gasteiger partial charge in [0.25, 0.3) is 10.0 Å². The summed E-state index contributed by atoms with van der Waals surface area (Å²) in [6.07, 6.45) is 1.31. The van der Waals surface area contributed by atoms with Gasteiger partial charge in [-0.3, -0.25) is 4.72 Å². The monoisotopic (exact) mass is 532 g/mol. The summed E-state index contributed by atoms with van der Waals surface area (Å²) in [6, 6.07) is 8.24. The molecule has 198 valence electrons. The maximum Gasteiger partial charge on any atom is 0.511 e. The van der Waals surface area contributed by atoms with E-state index in [1.807, 2.05) is 13.8 Å². The zero-order valence-electron chi connectivity index (χ0n) is 20.6. The number of anilines is 1. The van der Waals surface area contributed by atoms with Crippen LogP contribution in [0.2, 0.25) is 0 Å². The molecule has 2 heterocycles. The molecule has 0 bridgehead atoms. The van der Waals surface area contributed by atoms with Crippen LogP contribution in [0.3, 0.4) is 0 Å². The topological polar surface area (TPSA) is 118 Å². The Hall–Kier alpha value is -3.57. The molecule has 0 saturated carbocycles. The Labute approximate surface area is 214 Å². The summed E-state index contributed by atoms with van der Waals surface area (Å²) in [4.78, 5) is 13.6. The van der Waals surface area contributed by atoms with E-state index in [4.69, 9.17) is 13.9 Å². The highest BCUT2D eigenvalue weighted by molar-refractivity contribution is 7.92. The zero-order chi connectivity index (χ0) is 26.6. The number of aryl methyl sites for hydroxylation is 1. The lowest BCUT2D eigenvalue weighted by molar-refractivity contribution is 0.142. The summed E-state index contributed by atoms with van der Waals surface area (Å²) in [5.74, 6) is -0.0795. The van der Waals surface area contributed by atoms with Crippen LogP contribution in [-0.2, 0) is 22.9 Å². The predicted molar refractivity (Wildman–Crippen MR) is 135 cm³/mol. The lowest BCUT2D eigenvalue weighted by Crippen LogP contribution is -2.24. The van der Waals surface area contributed by atoms with Crippen LogP contribution in [0.4, 0.5) is 14.9 Å². The minimum absolute atomic E-state index is 0.0845. The SMILES string of the molecule is CCN(CC)CCCc1cc(F)ccc1S(=O)(=O)Nc1ccc2c(c1OC(=O)O)OCCc1occc1-2. The summed E-state index contributed by atoms with van der Waals surface area (Å²) >= 11 is 0. The molecule has 3 aromatic rings. The van der Waals surface area contributed by atoms with Crippen molar-refractivity contribution in [3.8, 4) is 22.6 Å².